The molecule has 1 nitrogen and oxygen atoms in total. The van der Waals surface area contributed by atoms with Crippen molar-refractivity contribution >= 4 is 0 Å². The summed E-state index contributed by atoms with van der Waals surface area (Å²) in [6.45, 7) is 0. The molecule has 12 heavy (non-hydrogen) atoms. The van der Waals surface area contributed by atoms with Crippen molar-refractivity contribution < 1.29 is 6.48 Å². The van der Waals surface area contributed by atoms with Crippen molar-refractivity contribution in [1.29, 1.82) is 0 Å². The Bertz CT molecular complexity index is 285. The summed E-state index contributed by atoms with van der Waals surface area (Å²) in [6.07, 6.45) is 2.02. The van der Waals surface area contributed by atoms with Crippen molar-refractivity contribution in [2.45, 2.75) is 31.3 Å². The second-order valence-corrected chi connectivity index (χ2v) is 3.50. The fourth-order valence-corrected chi connectivity index (χ4v) is 1.33. The highest BCUT2D eigenvalue weighted by atomic mass is 16.3. The molecule has 1 aromatic carbocycles. The van der Waals surface area contributed by atoms with Gasteiger partial charge in [0.2, 0.25) is 0 Å². The monoisotopic (exact) mass is 163 g/mol. The lowest BCUT2D eigenvalue weighted by Crippen LogP contribution is -2.07. The quantitative estimate of drug-likeness (QED) is 0.723. The molecule has 1 aliphatic rings. The van der Waals surface area contributed by atoms with E-state index < -0.39 is 5.60 Å². The molecule has 1 fully saturated rings. The fraction of sp³-hybridized carbons (Fsp3) is 0.455. The van der Waals surface area contributed by atoms with Gasteiger partial charge in [0.25, 0.3) is 0 Å². The highest BCUT2D eigenvalue weighted by molar-refractivity contribution is 5.15. The van der Waals surface area contributed by atoms with E-state index in [1.165, 1.54) is 5.56 Å². The summed E-state index contributed by atoms with van der Waals surface area (Å²) < 4.78 is 7.36. The largest absolute Gasteiger partial charge is 0.390 e. The van der Waals surface area contributed by atoms with Gasteiger partial charge in [0.1, 0.15) is 0 Å². The zero-order valence-corrected chi connectivity index (χ0v) is 7.03. The first-order chi connectivity index (χ1) is 6.21. The van der Waals surface area contributed by atoms with Gasteiger partial charge in [-0.2, -0.15) is 0 Å². The van der Waals surface area contributed by atoms with Crippen LogP contribution in [0.4, 0.5) is 0 Å². The molecule has 0 heterocycles. The fourth-order valence-electron chi connectivity index (χ4n) is 1.33. The number of hydrogen-bond acceptors (Lipinski definition) is 1. The number of rotatable bonds is 3. The van der Waals surface area contributed by atoms with E-state index in [0.717, 1.165) is 12.8 Å². The van der Waals surface area contributed by atoms with Crippen LogP contribution in [-0.4, -0.2) is 10.7 Å². The van der Waals surface area contributed by atoms with E-state index >= 15 is 0 Å². The summed E-state index contributed by atoms with van der Waals surface area (Å²) in [5.41, 5.74) is 0.575. The molecule has 1 unspecified atom stereocenters. The molecule has 1 saturated carbocycles. The molecule has 0 spiro atoms. The van der Waals surface area contributed by atoms with Crippen LogP contribution in [0.2, 0.25) is 0 Å². The van der Waals surface area contributed by atoms with Gasteiger partial charge < -0.3 is 5.11 Å². The van der Waals surface area contributed by atoms with E-state index in [-0.39, 0.29) is 6.40 Å². The molecule has 2 rings (SSSR count). The Morgan fingerprint density at radius 3 is 2.67 bits per heavy atom. The molecule has 0 aromatic heterocycles. The number of hydrogen-bond donors (Lipinski definition) is 1. The van der Waals surface area contributed by atoms with E-state index in [1.54, 1.807) is 0 Å². The molecule has 1 aromatic rings. The summed E-state index contributed by atoms with van der Waals surface area (Å²) in [5, 5.41) is 9.67. The number of benzene rings is 1. The number of aliphatic hydroxyl groups is 1. The molecule has 2 atom stereocenters. The zero-order valence-electron chi connectivity index (χ0n) is 8.03. The first-order valence-electron chi connectivity index (χ1n) is 4.97. The van der Waals surface area contributed by atoms with Crippen LogP contribution in [0.1, 0.15) is 26.2 Å². The van der Waals surface area contributed by atoms with Crippen LogP contribution in [0.5, 0.6) is 0 Å². The average molecular weight is 163 g/mol. The van der Waals surface area contributed by atoms with Crippen molar-refractivity contribution in [2.24, 2.45) is 0 Å². The SMILES string of the molecule is [2H][C@@H]1CC1(O)CCc1ccccc1. The Hall–Kier alpha value is -0.820. The molecular formula is C11H14O. The second kappa shape index (κ2) is 2.91. The molecule has 0 aliphatic heterocycles. The third kappa shape index (κ3) is 1.86. The van der Waals surface area contributed by atoms with Gasteiger partial charge in [-0.15, -0.1) is 0 Å². The average Bonchev–Trinajstić information content (AvgIpc) is 2.74. The molecule has 1 aliphatic carbocycles. The summed E-state index contributed by atoms with van der Waals surface area (Å²) in [4.78, 5) is 0. The van der Waals surface area contributed by atoms with Crippen LogP contribution in [0.15, 0.2) is 30.3 Å². The molecule has 0 bridgehead atoms. The highest BCUT2D eigenvalue weighted by Gasteiger charge is 2.39. The molecule has 1 heteroatoms. The van der Waals surface area contributed by atoms with Crippen LogP contribution in [0.25, 0.3) is 0 Å². The molecule has 64 valence electrons. The van der Waals surface area contributed by atoms with Crippen LogP contribution < -0.4 is 0 Å². The summed E-state index contributed by atoms with van der Waals surface area (Å²) in [5.74, 6) is 0. The van der Waals surface area contributed by atoms with E-state index in [0.29, 0.717) is 6.42 Å². The third-order valence-corrected chi connectivity index (χ3v) is 2.36. The van der Waals surface area contributed by atoms with Gasteiger partial charge in [0, 0.05) is 1.37 Å². The highest BCUT2D eigenvalue weighted by Crippen LogP contribution is 2.39. The summed E-state index contributed by atoms with van der Waals surface area (Å²) >= 11 is 0. The maximum absolute atomic E-state index is 9.67. The minimum Gasteiger partial charge on any atom is -0.390 e. The second-order valence-electron chi connectivity index (χ2n) is 3.50. The number of aryl methyl sites for hydroxylation is 1. The van der Waals surface area contributed by atoms with Crippen molar-refractivity contribution in [1.82, 2.24) is 0 Å². The molecule has 0 amide bonds. The normalized spacial score (nSPS) is 34.4. The molecular weight excluding hydrogens is 148 g/mol. The van der Waals surface area contributed by atoms with Gasteiger partial charge >= 0.3 is 0 Å². The Morgan fingerprint density at radius 1 is 1.42 bits per heavy atom. The maximum Gasteiger partial charge on any atom is 0.0653 e. The zero-order chi connectivity index (χ0) is 9.31. The van der Waals surface area contributed by atoms with Crippen LogP contribution in [0.3, 0.4) is 0 Å². The van der Waals surface area contributed by atoms with E-state index in [4.69, 9.17) is 1.37 Å². The van der Waals surface area contributed by atoms with E-state index in [2.05, 4.69) is 12.1 Å². The Kier molecular flexibility index (Phi) is 1.62. The Morgan fingerprint density at radius 2 is 2.08 bits per heavy atom. The lowest BCUT2D eigenvalue weighted by Gasteiger charge is -2.06. The van der Waals surface area contributed by atoms with E-state index in [1.807, 2.05) is 18.2 Å². The van der Waals surface area contributed by atoms with Crippen molar-refractivity contribution in [3.8, 4) is 0 Å². The van der Waals surface area contributed by atoms with Crippen molar-refractivity contribution in [2.75, 3.05) is 0 Å². The first-order valence-corrected chi connectivity index (χ1v) is 4.39. The predicted molar refractivity (Wildman–Crippen MR) is 48.9 cm³/mol. The van der Waals surface area contributed by atoms with E-state index in [9.17, 15) is 5.11 Å². The van der Waals surface area contributed by atoms with Crippen molar-refractivity contribution in [3.63, 3.8) is 0 Å². The minimum absolute atomic E-state index is 0.240. The van der Waals surface area contributed by atoms with Crippen molar-refractivity contribution in [3.05, 3.63) is 35.9 Å². The Balaban J connectivity index is 1.87. The lowest BCUT2D eigenvalue weighted by molar-refractivity contribution is 0.140. The van der Waals surface area contributed by atoms with Gasteiger partial charge in [0.05, 0.1) is 5.60 Å². The first kappa shape index (κ1) is 6.67. The van der Waals surface area contributed by atoms with Gasteiger partial charge in [0.15, 0.2) is 0 Å². The maximum atomic E-state index is 9.67. The predicted octanol–water partition coefficient (Wildman–Crippen LogP) is 2.14. The smallest absolute Gasteiger partial charge is 0.0653 e. The van der Waals surface area contributed by atoms with Gasteiger partial charge in [-0.3, -0.25) is 0 Å². The lowest BCUT2D eigenvalue weighted by atomic mass is 10.1. The van der Waals surface area contributed by atoms with Gasteiger partial charge in [-0.05, 0) is 31.2 Å². The third-order valence-electron chi connectivity index (χ3n) is 2.36. The summed E-state index contributed by atoms with van der Waals surface area (Å²) in [7, 11) is 0. The molecule has 1 N–H and O–H groups in total. The topological polar surface area (TPSA) is 20.2 Å². The molecule has 0 radical (unpaired) electrons. The minimum atomic E-state index is -0.671. The standard InChI is InChI=1S/C11H14O/c12-11(8-9-11)7-6-10-4-2-1-3-5-10/h1-5,12H,6-9H2/i8D/t8-,11?/m1/s1. The van der Waals surface area contributed by atoms with Gasteiger partial charge in [-0.1, -0.05) is 30.3 Å². The van der Waals surface area contributed by atoms with Crippen LogP contribution in [0, 0.1) is 0 Å². The summed E-state index contributed by atoms with van der Waals surface area (Å²) in [6, 6.07) is 10.1. The molecule has 0 saturated heterocycles. The van der Waals surface area contributed by atoms with Crippen LogP contribution >= 0.6 is 0 Å². The Labute approximate surface area is 74.4 Å². The van der Waals surface area contributed by atoms with Gasteiger partial charge in [-0.25, -0.2) is 0 Å². The van der Waals surface area contributed by atoms with Crippen LogP contribution in [-0.2, 0) is 6.42 Å².